The second kappa shape index (κ2) is 7.24. The Morgan fingerprint density at radius 1 is 0.952 bits per heavy atom. The second-order valence-corrected chi connectivity index (χ2v) is 4.62. The van der Waals surface area contributed by atoms with Crippen molar-refractivity contribution in [1.82, 2.24) is 5.32 Å². The van der Waals surface area contributed by atoms with Crippen LogP contribution in [0.2, 0.25) is 0 Å². The number of rotatable bonds is 5. The van der Waals surface area contributed by atoms with E-state index >= 15 is 0 Å². The van der Waals surface area contributed by atoms with Crippen LogP contribution in [0, 0.1) is 0 Å². The van der Waals surface area contributed by atoms with Gasteiger partial charge >= 0.3 is 0 Å². The molecule has 0 spiro atoms. The fourth-order valence-electron chi connectivity index (χ4n) is 2.02. The van der Waals surface area contributed by atoms with Gasteiger partial charge in [0.2, 0.25) is 5.91 Å². The molecule has 0 atom stereocenters. The molecule has 0 radical (unpaired) electrons. The fraction of sp³-hybridized carbons (Fsp3) is 0.176. The summed E-state index contributed by atoms with van der Waals surface area (Å²) in [4.78, 5) is 24.0. The van der Waals surface area contributed by atoms with E-state index in [4.69, 9.17) is 0 Å². The topological polar surface area (TPSA) is 58.2 Å². The molecule has 2 N–H and O–H groups in total. The molecule has 0 heterocycles. The first-order valence-corrected chi connectivity index (χ1v) is 6.91. The van der Waals surface area contributed by atoms with Gasteiger partial charge in [-0.25, -0.2) is 0 Å². The van der Waals surface area contributed by atoms with Crippen molar-refractivity contribution < 1.29 is 9.59 Å². The third-order valence-corrected chi connectivity index (χ3v) is 2.99. The smallest absolute Gasteiger partial charge is 0.253 e. The molecule has 108 valence electrons. The van der Waals surface area contributed by atoms with Crippen molar-refractivity contribution in [2.24, 2.45) is 0 Å². The highest BCUT2D eigenvalue weighted by atomic mass is 16.2. The van der Waals surface area contributed by atoms with Crippen molar-refractivity contribution in [3.8, 4) is 0 Å². The average molecular weight is 282 g/mol. The molecule has 0 bridgehead atoms. The van der Waals surface area contributed by atoms with Crippen LogP contribution >= 0.6 is 0 Å². The molecular weight excluding hydrogens is 264 g/mol. The van der Waals surface area contributed by atoms with Gasteiger partial charge in [-0.3, -0.25) is 9.59 Å². The standard InChI is InChI=1S/C17H18N2O2/c1-2-18-17(21)14-10-6-7-11-15(14)19-16(20)12-13-8-4-3-5-9-13/h3-11H,2,12H2,1H3,(H,18,21)(H,19,20). The molecule has 0 fully saturated rings. The molecule has 2 aromatic rings. The quantitative estimate of drug-likeness (QED) is 0.885. The van der Waals surface area contributed by atoms with Gasteiger partial charge in [0, 0.05) is 6.54 Å². The van der Waals surface area contributed by atoms with Gasteiger partial charge in [-0.2, -0.15) is 0 Å². The molecule has 4 heteroatoms. The molecule has 0 aliphatic heterocycles. The fourth-order valence-corrected chi connectivity index (χ4v) is 2.02. The van der Waals surface area contributed by atoms with Crippen molar-refractivity contribution in [2.45, 2.75) is 13.3 Å². The van der Waals surface area contributed by atoms with Crippen molar-refractivity contribution in [3.63, 3.8) is 0 Å². The average Bonchev–Trinajstić information content (AvgIpc) is 2.49. The highest BCUT2D eigenvalue weighted by Crippen LogP contribution is 2.15. The van der Waals surface area contributed by atoms with Crippen molar-refractivity contribution in [2.75, 3.05) is 11.9 Å². The number of carbonyl (C=O) groups excluding carboxylic acids is 2. The third kappa shape index (κ3) is 4.18. The van der Waals surface area contributed by atoms with E-state index in [9.17, 15) is 9.59 Å². The Bertz CT molecular complexity index is 624. The maximum Gasteiger partial charge on any atom is 0.253 e. The largest absolute Gasteiger partial charge is 0.352 e. The van der Waals surface area contributed by atoms with Crippen LogP contribution in [-0.2, 0) is 11.2 Å². The Morgan fingerprint density at radius 2 is 1.62 bits per heavy atom. The molecule has 21 heavy (non-hydrogen) atoms. The number of nitrogens with one attached hydrogen (secondary N) is 2. The number of benzene rings is 2. The van der Waals surface area contributed by atoms with Crippen molar-refractivity contribution in [1.29, 1.82) is 0 Å². The number of hydrogen-bond donors (Lipinski definition) is 2. The van der Waals surface area contributed by atoms with Gasteiger partial charge in [0.15, 0.2) is 0 Å². The lowest BCUT2D eigenvalue weighted by Crippen LogP contribution is -2.25. The second-order valence-electron chi connectivity index (χ2n) is 4.62. The summed E-state index contributed by atoms with van der Waals surface area (Å²) in [7, 11) is 0. The van der Waals surface area contributed by atoms with E-state index in [1.165, 1.54) is 0 Å². The minimum atomic E-state index is -0.187. The predicted molar refractivity (Wildman–Crippen MR) is 83.2 cm³/mol. The van der Waals surface area contributed by atoms with Crippen LogP contribution in [0.15, 0.2) is 54.6 Å². The summed E-state index contributed by atoms with van der Waals surface area (Å²) in [6.45, 7) is 2.40. The molecule has 2 rings (SSSR count). The monoisotopic (exact) mass is 282 g/mol. The molecule has 0 aromatic heterocycles. The number of para-hydroxylation sites is 1. The Balaban J connectivity index is 2.09. The lowest BCUT2D eigenvalue weighted by Gasteiger charge is -2.10. The molecule has 0 aliphatic rings. The van der Waals surface area contributed by atoms with E-state index in [0.29, 0.717) is 17.8 Å². The number of hydrogen-bond acceptors (Lipinski definition) is 2. The summed E-state index contributed by atoms with van der Waals surface area (Å²) in [5, 5.41) is 5.53. The zero-order chi connectivity index (χ0) is 15.1. The molecule has 0 unspecified atom stereocenters. The van der Waals surface area contributed by atoms with E-state index in [0.717, 1.165) is 5.56 Å². The Hall–Kier alpha value is -2.62. The summed E-state index contributed by atoms with van der Waals surface area (Å²) in [6.07, 6.45) is 0.282. The summed E-state index contributed by atoms with van der Waals surface area (Å²) in [6, 6.07) is 16.5. The molecule has 2 aromatic carbocycles. The Labute approximate surface area is 124 Å². The van der Waals surface area contributed by atoms with E-state index in [2.05, 4.69) is 10.6 Å². The van der Waals surface area contributed by atoms with Crippen LogP contribution < -0.4 is 10.6 Å². The Kier molecular flexibility index (Phi) is 5.10. The minimum absolute atomic E-state index is 0.141. The maximum atomic E-state index is 12.1. The number of amides is 2. The number of anilines is 1. The van der Waals surface area contributed by atoms with E-state index in [1.807, 2.05) is 37.3 Å². The number of carbonyl (C=O) groups is 2. The molecule has 2 amide bonds. The van der Waals surface area contributed by atoms with Crippen molar-refractivity contribution >= 4 is 17.5 Å². The third-order valence-electron chi connectivity index (χ3n) is 2.99. The van der Waals surface area contributed by atoms with Crippen LogP contribution in [0.25, 0.3) is 0 Å². The van der Waals surface area contributed by atoms with Crippen molar-refractivity contribution in [3.05, 3.63) is 65.7 Å². The SMILES string of the molecule is CCNC(=O)c1ccccc1NC(=O)Cc1ccccc1. The normalized spacial score (nSPS) is 9.95. The summed E-state index contributed by atoms with van der Waals surface area (Å²) in [5.41, 5.74) is 1.94. The minimum Gasteiger partial charge on any atom is -0.352 e. The highest BCUT2D eigenvalue weighted by Gasteiger charge is 2.12. The van der Waals surface area contributed by atoms with Gasteiger partial charge in [-0.15, -0.1) is 0 Å². The van der Waals surface area contributed by atoms with Crippen LogP contribution in [0.3, 0.4) is 0 Å². The predicted octanol–water partition coefficient (Wildman–Crippen LogP) is 2.62. The van der Waals surface area contributed by atoms with Gasteiger partial charge < -0.3 is 10.6 Å². The van der Waals surface area contributed by atoms with Crippen LogP contribution in [-0.4, -0.2) is 18.4 Å². The molecule has 4 nitrogen and oxygen atoms in total. The van der Waals surface area contributed by atoms with Gasteiger partial charge in [-0.1, -0.05) is 42.5 Å². The van der Waals surface area contributed by atoms with Gasteiger partial charge in [0.1, 0.15) is 0 Å². The van der Waals surface area contributed by atoms with E-state index in [1.54, 1.807) is 24.3 Å². The van der Waals surface area contributed by atoms with E-state index in [-0.39, 0.29) is 18.2 Å². The Morgan fingerprint density at radius 3 is 2.33 bits per heavy atom. The molecule has 0 saturated carbocycles. The maximum absolute atomic E-state index is 12.1. The highest BCUT2D eigenvalue weighted by molar-refractivity contribution is 6.04. The molecular formula is C17H18N2O2. The molecule has 0 saturated heterocycles. The zero-order valence-corrected chi connectivity index (χ0v) is 11.9. The van der Waals surface area contributed by atoms with Crippen LogP contribution in [0.1, 0.15) is 22.8 Å². The first-order valence-electron chi connectivity index (χ1n) is 6.91. The summed E-state index contributed by atoms with van der Waals surface area (Å²) >= 11 is 0. The lowest BCUT2D eigenvalue weighted by molar-refractivity contribution is -0.115. The lowest BCUT2D eigenvalue weighted by atomic mass is 10.1. The van der Waals surface area contributed by atoms with E-state index < -0.39 is 0 Å². The van der Waals surface area contributed by atoms with Crippen LogP contribution in [0.5, 0.6) is 0 Å². The van der Waals surface area contributed by atoms with Gasteiger partial charge in [0.05, 0.1) is 17.7 Å². The first-order chi connectivity index (χ1) is 10.2. The first kappa shape index (κ1) is 14.8. The summed E-state index contributed by atoms with van der Waals surface area (Å²) < 4.78 is 0. The molecule has 0 aliphatic carbocycles. The van der Waals surface area contributed by atoms with Gasteiger partial charge in [-0.05, 0) is 24.6 Å². The van der Waals surface area contributed by atoms with Gasteiger partial charge in [0.25, 0.3) is 5.91 Å². The van der Waals surface area contributed by atoms with Crippen LogP contribution in [0.4, 0.5) is 5.69 Å². The summed E-state index contributed by atoms with van der Waals surface area (Å²) in [5.74, 6) is -0.328. The zero-order valence-electron chi connectivity index (χ0n) is 11.9.